The van der Waals surface area contributed by atoms with Crippen molar-refractivity contribution >= 4 is 33.0 Å². The van der Waals surface area contributed by atoms with E-state index in [0.717, 1.165) is 5.56 Å². The SMILES string of the molecule is CC(=O)c1ccc(-c2sccc2S(=O)(=O)Nc2onc(C)c2C)cc1.Cc1ccccc1. The summed E-state index contributed by atoms with van der Waals surface area (Å²) in [6.07, 6.45) is 0. The third-order valence-corrected chi connectivity index (χ3v) is 7.26. The zero-order valence-electron chi connectivity index (χ0n) is 18.2. The Kier molecular flexibility index (Phi) is 7.27. The van der Waals surface area contributed by atoms with E-state index in [1.165, 1.54) is 23.8 Å². The number of ketones is 1. The summed E-state index contributed by atoms with van der Waals surface area (Å²) < 4.78 is 33.0. The maximum atomic E-state index is 12.7. The molecular formula is C24H24N2O4S2. The smallest absolute Gasteiger partial charge is 0.265 e. The first-order chi connectivity index (χ1) is 15.2. The summed E-state index contributed by atoms with van der Waals surface area (Å²) >= 11 is 1.31. The van der Waals surface area contributed by atoms with Crippen molar-refractivity contribution in [3.63, 3.8) is 0 Å². The largest absolute Gasteiger partial charge is 0.337 e. The van der Waals surface area contributed by atoms with Crippen LogP contribution in [-0.4, -0.2) is 19.4 Å². The van der Waals surface area contributed by atoms with Gasteiger partial charge < -0.3 is 4.52 Å². The molecular weight excluding hydrogens is 444 g/mol. The first kappa shape index (κ1) is 23.4. The van der Waals surface area contributed by atoms with Gasteiger partial charge in [-0.2, -0.15) is 0 Å². The summed E-state index contributed by atoms with van der Waals surface area (Å²) in [4.78, 5) is 12.1. The molecule has 2 aromatic carbocycles. The topological polar surface area (TPSA) is 89.3 Å². The third kappa shape index (κ3) is 5.52. The van der Waals surface area contributed by atoms with Crippen LogP contribution in [0.1, 0.15) is 34.1 Å². The molecule has 4 aromatic rings. The van der Waals surface area contributed by atoms with Crippen molar-refractivity contribution in [3.05, 3.63) is 88.4 Å². The number of Topliss-reactive ketones (excluding diaryl/α,β-unsaturated/α-hetero) is 1. The molecule has 0 amide bonds. The van der Waals surface area contributed by atoms with E-state index < -0.39 is 10.0 Å². The predicted octanol–water partition coefficient (Wildman–Crippen LogP) is 6.02. The predicted molar refractivity (Wildman–Crippen MR) is 128 cm³/mol. The van der Waals surface area contributed by atoms with E-state index in [1.54, 1.807) is 49.6 Å². The molecule has 0 saturated heterocycles. The molecule has 4 rings (SSSR count). The number of nitrogens with one attached hydrogen (secondary N) is 1. The van der Waals surface area contributed by atoms with Crippen LogP contribution in [0.3, 0.4) is 0 Å². The lowest BCUT2D eigenvalue weighted by molar-refractivity contribution is 0.101. The molecule has 166 valence electrons. The van der Waals surface area contributed by atoms with Gasteiger partial charge in [-0.05, 0) is 44.7 Å². The molecule has 8 heteroatoms. The van der Waals surface area contributed by atoms with Gasteiger partial charge in [0.25, 0.3) is 10.0 Å². The Morgan fingerprint density at radius 1 is 0.969 bits per heavy atom. The van der Waals surface area contributed by atoms with Crippen LogP contribution >= 0.6 is 11.3 Å². The first-order valence-corrected chi connectivity index (χ1v) is 12.2. The Bertz CT molecular complexity index is 1310. The van der Waals surface area contributed by atoms with Crippen LogP contribution in [0.4, 0.5) is 5.88 Å². The second-order valence-electron chi connectivity index (χ2n) is 7.23. The first-order valence-electron chi connectivity index (χ1n) is 9.85. The summed E-state index contributed by atoms with van der Waals surface area (Å²) in [5.74, 6) is 0.0741. The van der Waals surface area contributed by atoms with E-state index >= 15 is 0 Å². The number of aryl methyl sites for hydroxylation is 2. The average Bonchev–Trinajstić information content (AvgIpc) is 3.38. The fourth-order valence-corrected chi connectivity index (χ4v) is 5.31. The highest BCUT2D eigenvalue weighted by Crippen LogP contribution is 2.34. The monoisotopic (exact) mass is 468 g/mol. The van der Waals surface area contributed by atoms with Crippen LogP contribution in [0, 0.1) is 20.8 Å². The van der Waals surface area contributed by atoms with Gasteiger partial charge in [0.1, 0.15) is 4.90 Å². The molecule has 6 nitrogen and oxygen atoms in total. The number of carbonyl (C=O) groups excluding carboxylic acids is 1. The maximum absolute atomic E-state index is 12.7. The molecule has 2 aromatic heterocycles. The van der Waals surface area contributed by atoms with Crippen molar-refractivity contribution in [2.24, 2.45) is 0 Å². The van der Waals surface area contributed by atoms with Gasteiger partial charge in [0.2, 0.25) is 5.88 Å². The van der Waals surface area contributed by atoms with Crippen LogP contribution in [-0.2, 0) is 10.0 Å². The van der Waals surface area contributed by atoms with Gasteiger partial charge in [-0.1, -0.05) is 65.3 Å². The summed E-state index contributed by atoms with van der Waals surface area (Å²) in [5.41, 5.74) is 3.90. The number of rotatable bonds is 5. The van der Waals surface area contributed by atoms with Gasteiger partial charge in [0.05, 0.1) is 10.6 Å². The van der Waals surface area contributed by atoms with Crippen LogP contribution in [0.25, 0.3) is 10.4 Å². The number of anilines is 1. The van der Waals surface area contributed by atoms with Crippen molar-refractivity contribution < 1.29 is 17.7 Å². The Morgan fingerprint density at radius 2 is 1.62 bits per heavy atom. The minimum absolute atomic E-state index is 0.0385. The standard InChI is InChI=1S/C17H16N2O4S2.C7H8/c1-10-11(2)18-23-17(10)19-25(21,22)15-8-9-24-16(15)14-6-4-13(5-7-14)12(3)20;1-7-5-3-2-4-6-7/h4-9,19H,1-3H3;2-6H,1H3. The van der Waals surface area contributed by atoms with E-state index in [2.05, 4.69) is 28.9 Å². The van der Waals surface area contributed by atoms with E-state index in [4.69, 9.17) is 4.52 Å². The van der Waals surface area contributed by atoms with E-state index in [-0.39, 0.29) is 16.6 Å². The highest BCUT2D eigenvalue weighted by molar-refractivity contribution is 7.93. The molecule has 0 radical (unpaired) electrons. The van der Waals surface area contributed by atoms with Gasteiger partial charge in [0, 0.05) is 11.1 Å². The molecule has 32 heavy (non-hydrogen) atoms. The number of nitrogens with zero attached hydrogens (tertiary/aromatic N) is 1. The Morgan fingerprint density at radius 3 is 2.12 bits per heavy atom. The molecule has 0 aliphatic heterocycles. The average molecular weight is 469 g/mol. The number of hydrogen-bond donors (Lipinski definition) is 1. The fourth-order valence-electron chi connectivity index (χ4n) is 2.80. The van der Waals surface area contributed by atoms with E-state index in [9.17, 15) is 13.2 Å². The van der Waals surface area contributed by atoms with Gasteiger partial charge >= 0.3 is 0 Å². The lowest BCUT2D eigenvalue weighted by Gasteiger charge is -2.07. The normalized spacial score (nSPS) is 10.9. The highest BCUT2D eigenvalue weighted by Gasteiger charge is 2.24. The lowest BCUT2D eigenvalue weighted by Crippen LogP contribution is -2.13. The van der Waals surface area contributed by atoms with E-state index in [0.29, 0.717) is 21.7 Å². The molecule has 1 N–H and O–H groups in total. The highest BCUT2D eigenvalue weighted by atomic mass is 32.2. The Balaban J connectivity index is 0.000000352. The summed E-state index contributed by atoms with van der Waals surface area (Å²) in [7, 11) is -3.82. The number of aromatic nitrogens is 1. The maximum Gasteiger partial charge on any atom is 0.265 e. The summed E-state index contributed by atoms with van der Waals surface area (Å²) in [6.45, 7) is 7.05. The third-order valence-electron chi connectivity index (χ3n) is 4.80. The number of benzene rings is 2. The molecule has 0 spiro atoms. The lowest BCUT2D eigenvalue weighted by atomic mass is 10.1. The molecule has 0 fully saturated rings. The molecule has 2 heterocycles. The second kappa shape index (κ2) is 9.93. The second-order valence-corrected chi connectivity index (χ2v) is 9.80. The molecule has 0 bridgehead atoms. The molecule has 0 aliphatic carbocycles. The fraction of sp³-hybridized carbons (Fsp3) is 0.167. The number of sulfonamides is 1. The van der Waals surface area contributed by atoms with Crippen LogP contribution in [0.15, 0.2) is 75.5 Å². The van der Waals surface area contributed by atoms with Crippen LogP contribution in [0.5, 0.6) is 0 Å². The van der Waals surface area contributed by atoms with Gasteiger partial charge in [-0.3, -0.25) is 4.79 Å². The van der Waals surface area contributed by atoms with Crippen molar-refractivity contribution in [3.8, 4) is 10.4 Å². The Labute approximate surface area is 192 Å². The van der Waals surface area contributed by atoms with E-state index in [1.807, 2.05) is 18.2 Å². The minimum atomic E-state index is -3.82. The summed E-state index contributed by atoms with van der Waals surface area (Å²) in [6, 6.07) is 18.7. The van der Waals surface area contributed by atoms with Gasteiger partial charge in [-0.25, -0.2) is 13.1 Å². The van der Waals surface area contributed by atoms with Gasteiger partial charge in [0.15, 0.2) is 5.78 Å². The minimum Gasteiger partial charge on any atom is -0.337 e. The number of hydrogen-bond acceptors (Lipinski definition) is 6. The number of thiophene rings is 1. The molecule has 0 unspecified atom stereocenters. The van der Waals surface area contributed by atoms with Crippen molar-refractivity contribution in [1.29, 1.82) is 0 Å². The van der Waals surface area contributed by atoms with Crippen molar-refractivity contribution in [2.75, 3.05) is 4.72 Å². The molecule has 0 saturated carbocycles. The van der Waals surface area contributed by atoms with Crippen LogP contribution in [0.2, 0.25) is 0 Å². The van der Waals surface area contributed by atoms with Crippen molar-refractivity contribution in [1.82, 2.24) is 5.16 Å². The zero-order valence-corrected chi connectivity index (χ0v) is 19.9. The Hall–Kier alpha value is -3.23. The zero-order chi connectivity index (χ0) is 23.3. The quantitative estimate of drug-likeness (QED) is 0.362. The van der Waals surface area contributed by atoms with Crippen LogP contribution < -0.4 is 4.72 Å². The van der Waals surface area contributed by atoms with Crippen molar-refractivity contribution in [2.45, 2.75) is 32.6 Å². The number of carbonyl (C=O) groups is 1. The molecule has 0 atom stereocenters. The van der Waals surface area contributed by atoms with Gasteiger partial charge in [-0.15, -0.1) is 11.3 Å². The summed E-state index contributed by atoms with van der Waals surface area (Å²) in [5, 5.41) is 5.47. The molecule has 0 aliphatic rings.